The van der Waals surface area contributed by atoms with E-state index < -0.39 is 5.91 Å². The molecular weight excluding hydrogens is 478 g/mol. The molecule has 0 heterocycles. The van der Waals surface area contributed by atoms with Crippen LogP contribution in [-0.4, -0.2) is 25.0 Å². The van der Waals surface area contributed by atoms with E-state index in [1.165, 1.54) is 12.1 Å². The molecule has 0 bridgehead atoms. The molecule has 0 spiro atoms. The van der Waals surface area contributed by atoms with Crippen molar-refractivity contribution in [3.63, 3.8) is 0 Å². The number of hydrogen-bond donors (Lipinski definition) is 2. The molecule has 3 aromatic rings. The van der Waals surface area contributed by atoms with Crippen molar-refractivity contribution in [3.05, 3.63) is 87.9 Å². The quantitative estimate of drug-likeness (QED) is 0.279. The first kappa shape index (κ1) is 26.3. The highest BCUT2D eigenvalue weighted by molar-refractivity contribution is 6.32. The number of aryl methyl sites for hydroxylation is 2. The average molecular weight is 504 g/mol. The van der Waals surface area contributed by atoms with E-state index in [1.807, 2.05) is 50.2 Å². The largest absolute Gasteiger partial charge is 0.490 e. The zero-order valence-corrected chi connectivity index (χ0v) is 21.0. The minimum atomic E-state index is -0.551. The van der Waals surface area contributed by atoms with Gasteiger partial charge in [-0.2, -0.15) is 5.26 Å². The van der Waals surface area contributed by atoms with Crippen LogP contribution in [0.15, 0.2) is 66.2 Å². The SMILES string of the molecule is CCOc1cc(/C=C(\C#N)C(=O)Nc2cccc(C)c2)cc(Cl)c1OCC(=O)Nc1cccc(C)c1. The Morgan fingerprint density at radius 3 is 2.19 bits per heavy atom. The highest BCUT2D eigenvalue weighted by Gasteiger charge is 2.16. The predicted octanol–water partition coefficient (Wildman–Crippen LogP) is 5.92. The van der Waals surface area contributed by atoms with Crippen LogP contribution in [0.5, 0.6) is 11.5 Å². The fraction of sp³-hybridized carbons (Fsp3) is 0.179. The number of anilines is 2. The molecule has 0 aliphatic rings. The molecule has 3 rings (SSSR count). The first-order valence-electron chi connectivity index (χ1n) is 11.2. The summed E-state index contributed by atoms with van der Waals surface area (Å²) in [7, 11) is 0. The first-order valence-corrected chi connectivity index (χ1v) is 11.6. The van der Waals surface area contributed by atoms with E-state index >= 15 is 0 Å². The summed E-state index contributed by atoms with van der Waals surface area (Å²) >= 11 is 6.44. The van der Waals surface area contributed by atoms with Crippen LogP contribution in [0.3, 0.4) is 0 Å². The standard InChI is InChI=1S/C28H26ClN3O4/c1-4-35-25-15-20(13-21(16-30)28(34)32-23-10-6-8-19(3)12-23)14-24(29)27(25)36-17-26(33)31-22-9-5-7-18(2)11-22/h5-15H,4,17H2,1-3H3,(H,31,33)(H,32,34)/b21-13+. The van der Waals surface area contributed by atoms with Crippen LogP contribution in [0.1, 0.15) is 23.6 Å². The summed E-state index contributed by atoms with van der Waals surface area (Å²) in [6.45, 7) is 5.66. The van der Waals surface area contributed by atoms with E-state index in [0.29, 0.717) is 23.5 Å². The van der Waals surface area contributed by atoms with Crippen LogP contribution < -0.4 is 20.1 Å². The molecule has 7 nitrogen and oxygen atoms in total. The van der Waals surface area contributed by atoms with Crippen LogP contribution in [0.2, 0.25) is 5.02 Å². The summed E-state index contributed by atoms with van der Waals surface area (Å²) < 4.78 is 11.3. The summed E-state index contributed by atoms with van der Waals surface area (Å²) in [5.74, 6) is -0.429. The lowest BCUT2D eigenvalue weighted by Crippen LogP contribution is -2.20. The number of carbonyl (C=O) groups is 2. The zero-order valence-electron chi connectivity index (χ0n) is 20.2. The molecule has 0 atom stereocenters. The molecule has 8 heteroatoms. The van der Waals surface area contributed by atoms with E-state index in [2.05, 4.69) is 10.6 Å². The summed E-state index contributed by atoms with van der Waals surface area (Å²) in [6.07, 6.45) is 1.41. The van der Waals surface area contributed by atoms with E-state index in [9.17, 15) is 14.9 Å². The minimum Gasteiger partial charge on any atom is -0.490 e. The van der Waals surface area contributed by atoms with Gasteiger partial charge in [0.2, 0.25) is 0 Å². The number of amides is 2. The van der Waals surface area contributed by atoms with Crippen molar-refractivity contribution in [1.82, 2.24) is 0 Å². The number of nitrogens with one attached hydrogen (secondary N) is 2. The van der Waals surface area contributed by atoms with Gasteiger partial charge >= 0.3 is 0 Å². The fourth-order valence-electron chi connectivity index (χ4n) is 3.37. The lowest BCUT2D eigenvalue weighted by atomic mass is 10.1. The Balaban J connectivity index is 1.77. The molecule has 2 amide bonds. The minimum absolute atomic E-state index is 0.110. The van der Waals surface area contributed by atoms with Gasteiger partial charge in [0.05, 0.1) is 11.6 Å². The Bertz CT molecular complexity index is 1340. The Labute approximate surface area is 215 Å². The van der Waals surface area contributed by atoms with Crippen LogP contribution in [-0.2, 0) is 9.59 Å². The van der Waals surface area contributed by atoms with Gasteiger partial charge in [-0.1, -0.05) is 35.9 Å². The summed E-state index contributed by atoms with van der Waals surface area (Å²) in [6, 6.07) is 19.7. The van der Waals surface area contributed by atoms with E-state index in [1.54, 1.807) is 31.2 Å². The Kier molecular flexibility index (Phi) is 9.09. The normalized spacial score (nSPS) is 10.8. The van der Waals surface area contributed by atoms with Crippen LogP contribution in [0, 0.1) is 25.2 Å². The van der Waals surface area contributed by atoms with E-state index in [-0.39, 0.29) is 34.6 Å². The maximum Gasteiger partial charge on any atom is 0.266 e. The second kappa shape index (κ2) is 12.4. The van der Waals surface area contributed by atoms with E-state index in [0.717, 1.165) is 11.1 Å². The smallest absolute Gasteiger partial charge is 0.266 e. The van der Waals surface area contributed by atoms with Gasteiger partial charge in [-0.15, -0.1) is 0 Å². The molecule has 0 saturated carbocycles. The molecule has 0 radical (unpaired) electrons. The highest BCUT2D eigenvalue weighted by atomic mass is 35.5. The lowest BCUT2D eigenvalue weighted by molar-refractivity contribution is -0.118. The summed E-state index contributed by atoms with van der Waals surface area (Å²) in [4.78, 5) is 25.0. The maximum absolute atomic E-state index is 12.6. The average Bonchev–Trinajstić information content (AvgIpc) is 2.82. The van der Waals surface area contributed by atoms with Gasteiger partial charge in [0, 0.05) is 11.4 Å². The number of benzene rings is 3. The number of nitrogens with zero attached hydrogens (tertiary/aromatic N) is 1. The second-order valence-corrected chi connectivity index (χ2v) is 8.37. The number of rotatable bonds is 9. The number of ether oxygens (including phenoxy) is 2. The molecule has 2 N–H and O–H groups in total. The van der Waals surface area contributed by atoms with Crippen molar-refractivity contribution in [3.8, 4) is 17.6 Å². The fourth-order valence-corrected chi connectivity index (χ4v) is 3.64. The number of nitriles is 1. The third-order valence-corrected chi connectivity index (χ3v) is 5.21. The third kappa shape index (κ3) is 7.36. The van der Waals surface area contributed by atoms with Crippen LogP contribution in [0.4, 0.5) is 11.4 Å². The molecule has 36 heavy (non-hydrogen) atoms. The lowest BCUT2D eigenvalue weighted by Gasteiger charge is -2.15. The first-order chi connectivity index (χ1) is 17.3. The van der Waals surface area contributed by atoms with Gasteiger partial charge in [-0.05, 0) is 79.9 Å². The number of hydrogen-bond acceptors (Lipinski definition) is 5. The van der Waals surface area contributed by atoms with E-state index in [4.69, 9.17) is 21.1 Å². The van der Waals surface area contributed by atoms with Crippen LogP contribution in [0.25, 0.3) is 6.08 Å². The molecule has 0 aliphatic carbocycles. The van der Waals surface area contributed by atoms with Crippen molar-refractivity contribution >= 4 is 40.9 Å². The molecule has 0 aromatic heterocycles. The van der Waals surface area contributed by atoms with Gasteiger partial charge in [0.25, 0.3) is 11.8 Å². The number of carbonyl (C=O) groups excluding carboxylic acids is 2. The molecule has 0 aliphatic heterocycles. The molecule has 184 valence electrons. The molecule has 0 unspecified atom stereocenters. The van der Waals surface area contributed by atoms with Crippen molar-refractivity contribution in [2.24, 2.45) is 0 Å². The molecular formula is C28H26ClN3O4. The van der Waals surface area contributed by atoms with Gasteiger partial charge in [-0.25, -0.2) is 0 Å². The van der Waals surface area contributed by atoms with Gasteiger partial charge in [0.1, 0.15) is 11.6 Å². The predicted molar refractivity (Wildman–Crippen MR) is 141 cm³/mol. The maximum atomic E-state index is 12.6. The molecule has 0 fully saturated rings. The Morgan fingerprint density at radius 2 is 1.61 bits per heavy atom. The zero-order chi connectivity index (χ0) is 26.1. The van der Waals surface area contributed by atoms with Gasteiger partial charge in [0.15, 0.2) is 18.1 Å². The topological polar surface area (TPSA) is 100 Å². The Hall–Kier alpha value is -4.28. The molecule has 3 aromatic carbocycles. The highest BCUT2D eigenvalue weighted by Crippen LogP contribution is 2.37. The van der Waals surface area contributed by atoms with Gasteiger partial charge in [-0.3, -0.25) is 9.59 Å². The third-order valence-electron chi connectivity index (χ3n) is 4.93. The van der Waals surface area contributed by atoms with Crippen molar-refractivity contribution in [2.75, 3.05) is 23.8 Å². The Morgan fingerprint density at radius 1 is 0.972 bits per heavy atom. The monoisotopic (exact) mass is 503 g/mol. The van der Waals surface area contributed by atoms with Crippen molar-refractivity contribution in [1.29, 1.82) is 5.26 Å². The number of halogens is 1. The van der Waals surface area contributed by atoms with Crippen molar-refractivity contribution < 1.29 is 19.1 Å². The van der Waals surface area contributed by atoms with Crippen LogP contribution >= 0.6 is 11.6 Å². The molecule has 0 saturated heterocycles. The van der Waals surface area contributed by atoms with Gasteiger partial charge < -0.3 is 20.1 Å². The second-order valence-electron chi connectivity index (χ2n) is 7.96. The van der Waals surface area contributed by atoms with Crippen molar-refractivity contribution in [2.45, 2.75) is 20.8 Å². The summed E-state index contributed by atoms with van der Waals surface area (Å²) in [5, 5.41) is 15.2. The summed E-state index contributed by atoms with van der Waals surface area (Å²) in [5.41, 5.74) is 3.60.